The second-order valence-corrected chi connectivity index (χ2v) is 4.83. The number of nitrogens with zero attached hydrogens (tertiary/aromatic N) is 2. The molecule has 0 unspecified atom stereocenters. The average molecular weight is 272 g/mol. The number of para-hydroxylation sites is 1. The Hall–Kier alpha value is -2.74. The maximum absolute atomic E-state index is 4.66. The van der Waals surface area contributed by atoms with E-state index in [1.54, 1.807) is 0 Å². The molecule has 0 radical (unpaired) electrons. The first-order valence-electron chi connectivity index (χ1n) is 6.95. The van der Waals surface area contributed by atoms with Crippen molar-refractivity contribution in [2.24, 2.45) is 4.99 Å². The maximum atomic E-state index is 4.66. The molecule has 3 aromatic rings. The summed E-state index contributed by atoms with van der Waals surface area (Å²) in [5.74, 6) is 0. The predicted octanol–water partition coefficient (Wildman–Crippen LogP) is 4.89. The van der Waals surface area contributed by atoms with Gasteiger partial charge in [0.1, 0.15) is 0 Å². The van der Waals surface area contributed by atoms with Crippen LogP contribution in [0.3, 0.4) is 0 Å². The van der Waals surface area contributed by atoms with E-state index >= 15 is 0 Å². The number of hydrogen-bond acceptors (Lipinski definition) is 2. The average Bonchev–Trinajstić information content (AvgIpc) is 2.57. The summed E-state index contributed by atoms with van der Waals surface area (Å²) < 4.78 is 0. The summed E-state index contributed by atoms with van der Waals surface area (Å²) in [6.07, 6.45) is 1.81. The van der Waals surface area contributed by atoms with Gasteiger partial charge < -0.3 is 0 Å². The summed E-state index contributed by atoms with van der Waals surface area (Å²) in [5.41, 5.74) is 5.17. The largest absolute Gasteiger partial charge is 0.256 e. The van der Waals surface area contributed by atoms with Crippen LogP contribution in [0.2, 0.25) is 0 Å². The van der Waals surface area contributed by atoms with Gasteiger partial charge in [-0.1, -0.05) is 42.5 Å². The Morgan fingerprint density at radius 3 is 2.43 bits per heavy atom. The highest BCUT2D eigenvalue weighted by atomic mass is 14.7. The third-order valence-electron chi connectivity index (χ3n) is 3.29. The van der Waals surface area contributed by atoms with E-state index in [2.05, 4.69) is 28.2 Å². The highest BCUT2D eigenvalue weighted by Gasteiger charge is 2.02. The minimum absolute atomic E-state index is 0.971. The van der Waals surface area contributed by atoms with Gasteiger partial charge in [0.15, 0.2) is 0 Å². The van der Waals surface area contributed by atoms with Crippen LogP contribution in [0, 0.1) is 0 Å². The van der Waals surface area contributed by atoms with Crippen molar-refractivity contribution in [1.82, 2.24) is 4.98 Å². The Kier molecular flexibility index (Phi) is 3.88. The fourth-order valence-corrected chi connectivity index (χ4v) is 2.20. The van der Waals surface area contributed by atoms with E-state index in [4.69, 9.17) is 0 Å². The van der Waals surface area contributed by atoms with Gasteiger partial charge in [-0.15, -0.1) is 0 Å². The molecule has 0 aliphatic rings. The number of hydrogen-bond donors (Lipinski definition) is 0. The van der Waals surface area contributed by atoms with E-state index in [9.17, 15) is 0 Å². The molecule has 0 spiro atoms. The quantitative estimate of drug-likeness (QED) is 0.623. The topological polar surface area (TPSA) is 25.2 Å². The maximum Gasteiger partial charge on any atom is 0.0702 e. The zero-order valence-corrected chi connectivity index (χ0v) is 11.9. The molecule has 0 fully saturated rings. The third-order valence-corrected chi connectivity index (χ3v) is 3.29. The van der Waals surface area contributed by atoms with Gasteiger partial charge in [-0.2, -0.15) is 0 Å². The molecule has 0 atom stereocenters. The first-order valence-corrected chi connectivity index (χ1v) is 6.95. The standard InChI is InChI=1S/C19H16N2/c1-15(21-18-10-3-2-4-11-18)16-8-7-9-17(14-16)19-12-5-6-13-20-19/h2-14H,1H3. The number of benzene rings is 2. The second kappa shape index (κ2) is 6.14. The fraction of sp³-hybridized carbons (Fsp3) is 0.0526. The molecule has 102 valence electrons. The molecular weight excluding hydrogens is 256 g/mol. The molecular formula is C19H16N2. The first kappa shape index (κ1) is 13.3. The molecule has 0 aliphatic carbocycles. The smallest absolute Gasteiger partial charge is 0.0702 e. The van der Waals surface area contributed by atoms with Gasteiger partial charge in [0.25, 0.3) is 0 Å². The fourth-order valence-electron chi connectivity index (χ4n) is 2.20. The predicted molar refractivity (Wildman–Crippen MR) is 88.0 cm³/mol. The highest BCUT2D eigenvalue weighted by Crippen LogP contribution is 2.19. The molecule has 0 saturated carbocycles. The van der Waals surface area contributed by atoms with Crippen LogP contribution in [-0.4, -0.2) is 10.7 Å². The molecule has 0 bridgehead atoms. The van der Waals surface area contributed by atoms with E-state index in [1.165, 1.54) is 0 Å². The Morgan fingerprint density at radius 2 is 1.67 bits per heavy atom. The van der Waals surface area contributed by atoms with Gasteiger partial charge in [0, 0.05) is 17.5 Å². The molecule has 0 amide bonds. The van der Waals surface area contributed by atoms with E-state index in [0.717, 1.165) is 28.2 Å². The summed E-state index contributed by atoms with van der Waals surface area (Å²) in [5, 5.41) is 0. The second-order valence-electron chi connectivity index (χ2n) is 4.83. The molecule has 2 nitrogen and oxygen atoms in total. The van der Waals surface area contributed by atoms with E-state index in [1.807, 2.05) is 67.7 Å². The van der Waals surface area contributed by atoms with Crippen molar-refractivity contribution in [2.75, 3.05) is 0 Å². The molecule has 0 N–H and O–H groups in total. The van der Waals surface area contributed by atoms with Gasteiger partial charge in [-0.05, 0) is 42.8 Å². The van der Waals surface area contributed by atoms with Crippen LogP contribution in [0.5, 0.6) is 0 Å². The Balaban J connectivity index is 1.95. The van der Waals surface area contributed by atoms with Crippen LogP contribution in [0.4, 0.5) is 5.69 Å². The Labute approximate surface area is 124 Å². The summed E-state index contributed by atoms with van der Waals surface area (Å²) in [6, 6.07) is 24.3. The third kappa shape index (κ3) is 3.23. The Bertz CT molecular complexity index is 747. The van der Waals surface area contributed by atoms with Crippen LogP contribution in [-0.2, 0) is 0 Å². The van der Waals surface area contributed by atoms with Crippen molar-refractivity contribution in [3.8, 4) is 11.3 Å². The minimum Gasteiger partial charge on any atom is -0.256 e. The van der Waals surface area contributed by atoms with Gasteiger partial charge >= 0.3 is 0 Å². The lowest BCUT2D eigenvalue weighted by Crippen LogP contribution is -1.94. The molecule has 0 aliphatic heterocycles. The summed E-state index contributed by atoms with van der Waals surface area (Å²) in [7, 11) is 0. The lowest BCUT2D eigenvalue weighted by molar-refractivity contribution is 1.32. The SMILES string of the molecule is CC(=Nc1ccccc1)c1cccc(-c2ccccn2)c1. The molecule has 1 aromatic heterocycles. The molecule has 1 heterocycles. The summed E-state index contributed by atoms with van der Waals surface area (Å²) >= 11 is 0. The van der Waals surface area contributed by atoms with Gasteiger partial charge in [0.2, 0.25) is 0 Å². The normalized spacial score (nSPS) is 11.4. The summed E-state index contributed by atoms with van der Waals surface area (Å²) in [4.78, 5) is 9.05. The van der Waals surface area contributed by atoms with Crippen LogP contribution < -0.4 is 0 Å². The van der Waals surface area contributed by atoms with Crippen LogP contribution in [0.1, 0.15) is 12.5 Å². The van der Waals surface area contributed by atoms with Crippen molar-refractivity contribution < 1.29 is 0 Å². The van der Waals surface area contributed by atoms with E-state index in [0.29, 0.717) is 0 Å². The van der Waals surface area contributed by atoms with Crippen molar-refractivity contribution >= 4 is 11.4 Å². The van der Waals surface area contributed by atoms with Gasteiger partial charge in [-0.25, -0.2) is 0 Å². The molecule has 2 heteroatoms. The lowest BCUT2D eigenvalue weighted by atomic mass is 10.0. The molecule has 3 rings (SSSR count). The van der Waals surface area contributed by atoms with E-state index in [-0.39, 0.29) is 0 Å². The van der Waals surface area contributed by atoms with Crippen molar-refractivity contribution in [3.63, 3.8) is 0 Å². The molecule has 21 heavy (non-hydrogen) atoms. The van der Waals surface area contributed by atoms with Crippen molar-refractivity contribution in [3.05, 3.63) is 84.6 Å². The first-order chi connectivity index (χ1) is 10.3. The van der Waals surface area contributed by atoms with Crippen LogP contribution in [0.15, 0.2) is 84.0 Å². The highest BCUT2D eigenvalue weighted by molar-refractivity contribution is 6.01. The van der Waals surface area contributed by atoms with Crippen molar-refractivity contribution in [1.29, 1.82) is 0 Å². The van der Waals surface area contributed by atoms with Crippen molar-refractivity contribution in [2.45, 2.75) is 6.92 Å². The molecule has 0 saturated heterocycles. The van der Waals surface area contributed by atoms with Crippen LogP contribution >= 0.6 is 0 Å². The number of pyridine rings is 1. The zero-order chi connectivity index (χ0) is 14.5. The number of rotatable bonds is 3. The Morgan fingerprint density at radius 1 is 0.857 bits per heavy atom. The van der Waals surface area contributed by atoms with Gasteiger partial charge in [-0.3, -0.25) is 9.98 Å². The van der Waals surface area contributed by atoms with Gasteiger partial charge in [0.05, 0.1) is 11.4 Å². The zero-order valence-electron chi connectivity index (χ0n) is 11.9. The summed E-state index contributed by atoms with van der Waals surface area (Å²) in [6.45, 7) is 2.03. The van der Waals surface area contributed by atoms with E-state index < -0.39 is 0 Å². The lowest BCUT2D eigenvalue weighted by Gasteiger charge is -2.05. The number of aliphatic imine (C=N–C) groups is 1. The minimum atomic E-state index is 0.971. The van der Waals surface area contributed by atoms with Crippen LogP contribution in [0.25, 0.3) is 11.3 Å². The number of aromatic nitrogens is 1. The molecule has 2 aromatic carbocycles. The monoisotopic (exact) mass is 272 g/mol.